The molecule has 4 heteroatoms. The molecule has 0 amide bonds. The van der Waals surface area contributed by atoms with E-state index in [1.54, 1.807) is 0 Å². The van der Waals surface area contributed by atoms with Crippen molar-refractivity contribution in [1.29, 1.82) is 0 Å². The van der Waals surface area contributed by atoms with E-state index in [2.05, 4.69) is 6.92 Å². The van der Waals surface area contributed by atoms with Crippen LogP contribution < -0.4 is 5.73 Å². The Kier molecular flexibility index (Phi) is 5.25. The summed E-state index contributed by atoms with van der Waals surface area (Å²) in [6.07, 6.45) is 1.51. The first kappa shape index (κ1) is 12.6. The van der Waals surface area contributed by atoms with E-state index in [-0.39, 0.29) is 6.54 Å². The molecule has 1 heterocycles. The summed E-state index contributed by atoms with van der Waals surface area (Å²) in [5.41, 5.74) is 6.46. The highest BCUT2D eigenvalue weighted by Crippen LogP contribution is 2.27. The molecule has 2 unspecified atom stereocenters. The Morgan fingerprint density at radius 2 is 2.20 bits per heavy atom. The zero-order valence-electron chi connectivity index (χ0n) is 9.02. The van der Waals surface area contributed by atoms with Gasteiger partial charge in [-0.3, -0.25) is 0 Å². The summed E-state index contributed by atoms with van der Waals surface area (Å²) in [4.78, 5) is 0.862. The van der Waals surface area contributed by atoms with E-state index in [0.29, 0.717) is 0 Å². The molecule has 1 aromatic heterocycles. The average molecular weight is 229 g/mol. The molecule has 0 aromatic carbocycles. The van der Waals surface area contributed by atoms with Gasteiger partial charge in [-0.25, -0.2) is 0 Å². The Bertz CT molecular complexity index is 288. The molecule has 0 aliphatic heterocycles. The summed E-state index contributed by atoms with van der Waals surface area (Å²) in [6, 6.07) is 2.02. The van der Waals surface area contributed by atoms with Crippen LogP contribution in [0.2, 0.25) is 0 Å². The number of nitrogens with two attached hydrogens (primary N) is 1. The second-order valence-corrected chi connectivity index (χ2v) is 4.61. The lowest BCUT2D eigenvalue weighted by Crippen LogP contribution is -2.27. The van der Waals surface area contributed by atoms with Crippen LogP contribution in [0.1, 0.15) is 36.3 Å². The predicted octanol–water partition coefficient (Wildman–Crippen LogP) is 1.44. The summed E-state index contributed by atoms with van der Waals surface area (Å²) in [7, 11) is 0. The van der Waals surface area contributed by atoms with Gasteiger partial charge in [-0.05, 0) is 29.9 Å². The van der Waals surface area contributed by atoms with E-state index < -0.39 is 12.2 Å². The highest BCUT2D eigenvalue weighted by atomic mass is 32.1. The van der Waals surface area contributed by atoms with E-state index in [4.69, 9.17) is 5.73 Å². The van der Waals surface area contributed by atoms with Gasteiger partial charge in [0.25, 0.3) is 0 Å². The number of rotatable bonds is 6. The molecule has 0 saturated carbocycles. The molecular formula is C11H19NO2S. The van der Waals surface area contributed by atoms with Gasteiger partial charge in [0.2, 0.25) is 0 Å². The number of aliphatic hydroxyl groups is 2. The fraction of sp³-hybridized carbons (Fsp3) is 0.636. The molecule has 3 nitrogen and oxygen atoms in total. The van der Waals surface area contributed by atoms with E-state index >= 15 is 0 Å². The smallest absolute Gasteiger partial charge is 0.115 e. The van der Waals surface area contributed by atoms with Crippen molar-refractivity contribution in [2.75, 3.05) is 6.54 Å². The summed E-state index contributed by atoms with van der Waals surface area (Å²) in [5.74, 6) is 0. The summed E-state index contributed by atoms with van der Waals surface area (Å²) in [6.45, 7) is 2.23. The van der Waals surface area contributed by atoms with Crippen molar-refractivity contribution in [3.8, 4) is 0 Å². The molecule has 1 aromatic rings. The molecule has 86 valence electrons. The van der Waals surface area contributed by atoms with Crippen molar-refractivity contribution in [3.05, 3.63) is 21.9 Å². The van der Waals surface area contributed by atoms with Crippen LogP contribution in [-0.2, 0) is 6.42 Å². The lowest BCUT2D eigenvalue weighted by Gasteiger charge is -2.16. The van der Waals surface area contributed by atoms with Gasteiger partial charge in [-0.1, -0.05) is 13.3 Å². The SMILES string of the molecule is CCCCc1ccsc1C(O)C(O)CN. The molecule has 0 aliphatic rings. The van der Waals surface area contributed by atoms with E-state index in [1.807, 2.05) is 11.4 Å². The molecule has 0 aliphatic carbocycles. The Hall–Kier alpha value is -0.420. The first-order chi connectivity index (χ1) is 7.20. The first-order valence-corrected chi connectivity index (χ1v) is 6.21. The Balaban J connectivity index is 2.70. The quantitative estimate of drug-likeness (QED) is 0.691. The molecule has 15 heavy (non-hydrogen) atoms. The normalized spacial score (nSPS) is 15.2. The maximum absolute atomic E-state index is 9.84. The molecule has 2 atom stereocenters. The van der Waals surface area contributed by atoms with Gasteiger partial charge in [0.1, 0.15) is 6.10 Å². The highest BCUT2D eigenvalue weighted by molar-refractivity contribution is 7.10. The fourth-order valence-electron chi connectivity index (χ4n) is 1.48. The maximum Gasteiger partial charge on any atom is 0.115 e. The molecule has 0 spiro atoms. The van der Waals surface area contributed by atoms with Crippen LogP contribution in [-0.4, -0.2) is 22.9 Å². The summed E-state index contributed by atoms with van der Waals surface area (Å²) < 4.78 is 0. The zero-order valence-corrected chi connectivity index (χ0v) is 9.83. The molecule has 0 radical (unpaired) electrons. The third kappa shape index (κ3) is 3.28. The zero-order chi connectivity index (χ0) is 11.3. The molecule has 4 N–H and O–H groups in total. The monoisotopic (exact) mass is 229 g/mol. The van der Waals surface area contributed by atoms with Crippen LogP contribution >= 0.6 is 11.3 Å². The first-order valence-electron chi connectivity index (χ1n) is 5.33. The summed E-state index contributed by atoms with van der Waals surface area (Å²) >= 11 is 1.49. The predicted molar refractivity (Wildman–Crippen MR) is 63.0 cm³/mol. The Labute approximate surface area is 94.6 Å². The van der Waals surface area contributed by atoms with Gasteiger partial charge in [0.15, 0.2) is 0 Å². The number of aliphatic hydroxyl groups excluding tert-OH is 2. The van der Waals surface area contributed by atoms with Crippen molar-refractivity contribution >= 4 is 11.3 Å². The molecule has 0 saturated heterocycles. The van der Waals surface area contributed by atoms with Gasteiger partial charge < -0.3 is 15.9 Å². The maximum atomic E-state index is 9.84. The minimum Gasteiger partial charge on any atom is -0.389 e. The Morgan fingerprint density at radius 3 is 2.80 bits per heavy atom. The minimum atomic E-state index is -0.857. The standard InChI is InChI=1S/C11H19NO2S/c1-2-3-4-8-5-6-15-11(8)10(14)9(13)7-12/h5-6,9-10,13-14H,2-4,7,12H2,1H3. The molecule has 0 fully saturated rings. The fourth-order valence-corrected chi connectivity index (χ4v) is 2.48. The van der Waals surface area contributed by atoms with Gasteiger partial charge in [-0.15, -0.1) is 11.3 Å². The van der Waals surface area contributed by atoms with Gasteiger partial charge >= 0.3 is 0 Å². The third-order valence-electron chi connectivity index (χ3n) is 2.45. The minimum absolute atomic E-state index is 0.0896. The number of hydrogen-bond donors (Lipinski definition) is 3. The highest BCUT2D eigenvalue weighted by Gasteiger charge is 2.20. The number of thiophene rings is 1. The van der Waals surface area contributed by atoms with Crippen LogP contribution in [0.5, 0.6) is 0 Å². The molecule has 1 rings (SSSR count). The molecule has 0 bridgehead atoms. The van der Waals surface area contributed by atoms with Crippen LogP contribution in [0.3, 0.4) is 0 Å². The van der Waals surface area contributed by atoms with E-state index in [1.165, 1.54) is 11.3 Å². The van der Waals surface area contributed by atoms with Crippen molar-refractivity contribution in [1.82, 2.24) is 0 Å². The van der Waals surface area contributed by atoms with Crippen LogP contribution in [0, 0.1) is 0 Å². The Morgan fingerprint density at radius 1 is 1.47 bits per heavy atom. The van der Waals surface area contributed by atoms with Crippen LogP contribution in [0.25, 0.3) is 0 Å². The van der Waals surface area contributed by atoms with Crippen molar-refractivity contribution < 1.29 is 10.2 Å². The lowest BCUT2D eigenvalue weighted by molar-refractivity contribution is 0.0261. The van der Waals surface area contributed by atoms with E-state index in [9.17, 15) is 10.2 Å². The van der Waals surface area contributed by atoms with Crippen LogP contribution in [0.4, 0.5) is 0 Å². The second-order valence-electron chi connectivity index (χ2n) is 3.66. The van der Waals surface area contributed by atoms with Crippen molar-refractivity contribution in [2.24, 2.45) is 5.73 Å². The number of hydrogen-bond acceptors (Lipinski definition) is 4. The van der Waals surface area contributed by atoms with Gasteiger partial charge in [0, 0.05) is 11.4 Å². The average Bonchev–Trinajstić information content (AvgIpc) is 2.72. The number of aryl methyl sites for hydroxylation is 1. The van der Waals surface area contributed by atoms with Crippen molar-refractivity contribution in [3.63, 3.8) is 0 Å². The van der Waals surface area contributed by atoms with Gasteiger partial charge in [0.05, 0.1) is 6.10 Å². The third-order valence-corrected chi connectivity index (χ3v) is 3.48. The van der Waals surface area contributed by atoms with Crippen LogP contribution in [0.15, 0.2) is 11.4 Å². The largest absolute Gasteiger partial charge is 0.389 e. The lowest BCUT2D eigenvalue weighted by atomic mass is 10.0. The second kappa shape index (κ2) is 6.23. The van der Waals surface area contributed by atoms with Gasteiger partial charge in [-0.2, -0.15) is 0 Å². The molecular weight excluding hydrogens is 210 g/mol. The summed E-state index contributed by atoms with van der Waals surface area (Å²) in [5, 5.41) is 21.3. The number of unbranched alkanes of at least 4 members (excludes halogenated alkanes) is 1. The van der Waals surface area contributed by atoms with Crippen molar-refractivity contribution in [2.45, 2.75) is 38.4 Å². The van der Waals surface area contributed by atoms with E-state index in [0.717, 1.165) is 29.7 Å². The topological polar surface area (TPSA) is 66.5 Å².